The van der Waals surface area contributed by atoms with Crippen LogP contribution in [0, 0.1) is 11.6 Å². The normalized spacial score (nSPS) is 17.4. The van der Waals surface area contributed by atoms with Crippen LogP contribution in [0.2, 0.25) is 0 Å². The SMILES string of the molecule is CCOC(=O)c1cn(C2CC2)c2c(F)c(N3CCCOC3)c(F)cc2c1=O. The van der Waals surface area contributed by atoms with Crippen LogP contribution in [0.15, 0.2) is 17.1 Å². The predicted octanol–water partition coefficient (Wildman–Crippen LogP) is 2.98. The third kappa shape index (κ3) is 3.07. The van der Waals surface area contributed by atoms with Crippen molar-refractivity contribution in [2.45, 2.75) is 32.2 Å². The number of carbonyl (C=O) groups excluding carboxylic acids is 1. The van der Waals surface area contributed by atoms with E-state index >= 15 is 4.39 Å². The molecule has 1 aromatic carbocycles. The number of carbonyl (C=O) groups is 1. The average Bonchev–Trinajstić information content (AvgIpc) is 3.49. The van der Waals surface area contributed by atoms with Crippen molar-refractivity contribution in [1.29, 1.82) is 0 Å². The van der Waals surface area contributed by atoms with Crippen molar-refractivity contribution in [3.8, 4) is 0 Å². The maximum atomic E-state index is 15.4. The van der Waals surface area contributed by atoms with Crippen molar-refractivity contribution in [2.24, 2.45) is 0 Å². The number of halogens is 2. The van der Waals surface area contributed by atoms with Gasteiger partial charge in [0.2, 0.25) is 5.43 Å². The molecule has 6 nitrogen and oxygen atoms in total. The molecular formula is C19H20F2N2O4. The van der Waals surface area contributed by atoms with E-state index < -0.39 is 23.0 Å². The molecule has 0 radical (unpaired) electrons. The first-order chi connectivity index (χ1) is 13.0. The molecule has 2 fully saturated rings. The van der Waals surface area contributed by atoms with Crippen LogP contribution in [-0.2, 0) is 9.47 Å². The summed E-state index contributed by atoms with van der Waals surface area (Å²) in [6.07, 6.45) is 3.62. The fourth-order valence-corrected chi connectivity index (χ4v) is 3.49. The van der Waals surface area contributed by atoms with Gasteiger partial charge in [-0.25, -0.2) is 13.6 Å². The fraction of sp³-hybridized carbons (Fsp3) is 0.474. The summed E-state index contributed by atoms with van der Waals surface area (Å²) in [6, 6.07) is 0.999. The summed E-state index contributed by atoms with van der Waals surface area (Å²) in [5.41, 5.74) is -1.10. The van der Waals surface area contributed by atoms with Crippen LogP contribution in [0.3, 0.4) is 0 Å². The largest absolute Gasteiger partial charge is 0.462 e. The van der Waals surface area contributed by atoms with Crippen molar-refractivity contribution in [1.82, 2.24) is 4.57 Å². The Hall–Kier alpha value is -2.48. The quantitative estimate of drug-likeness (QED) is 0.766. The van der Waals surface area contributed by atoms with Crippen LogP contribution in [-0.4, -0.2) is 37.0 Å². The summed E-state index contributed by atoms with van der Waals surface area (Å²) < 4.78 is 42.0. The first-order valence-corrected chi connectivity index (χ1v) is 9.09. The highest BCUT2D eigenvalue weighted by Gasteiger charge is 2.31. The molecule has 0 unspecified atom stereocenters. The van der Waals surface area contributed by atoms with Gasteiger partial charge >= 0.3 is 5.97 Å². The highest BCUT2D eigenvalue weighted by Crippen LogP contribution is 2.39. The Balaban J connectivity index is 1.96. The average molecular weight is 378 g/mol. The first-order valence-electron chi connectivity index (χ1n) is 9.09. The molecule has 1 aromatic heterocycles. The Labute approximate surface area is 154 Å². The van der Waals surface area contributed by atoms with Crippen LogP contribution >= 0.6 is 0 Å². The molecule has 144 valence electrons. The van der Waals surface area contributed by atoms with Crippen LogP contribution < -0.4 is 10.3 Å². The molecule has 1 saturated heterocycles. The van der Waals surface area contributed by atoms with Crippen molar-refractivity contribution >= 4 is 22.6 Å². The van der Waals surface area contributed by atoms with E-state index in [-0.39, 0.29) is 41.5 Å². The zero-order chi connectivity index (χ0) is 19.1. The highest BCUT2D eigenvalue weighted by molar-refractivity contribution is 5.95. The zero-order valence-electron chi connectivity index (χ0n) is 15.0. The van der Waals surface area contributed by atoms with Gasteiger partial charge in [0, 0.05) is 18.8 Å². The van der Waals surface area contributed by atoms with E-state index in [1.165, 1.54) is 11.1 Å². The number of rotatable bonds is 4. The molecule has 0 atom stereocenters. The third-order valence-corrected chi connectivity index (χ3v) is 4.90. The molecule has 0 N–H and O–H groups in total. The van der Waals surface area contributed by atoms with Gasteiger partial charge in [0.25, 0.3) is 0 Å². The molecule has 1 aliphatic carbocycles. The first kappa shape index (κ1) is 17.9. The molecule has 2 aliphatic rings. The van der Waals surface area contributed by atoms with Gasteiger partial charge in [-0.05, 0) is 32.3 Å². The summed E-state index contributed by atoms with van der Waals surface area (Å²) >= 11 is 0. The summed E-state index contributed by atoms with van der Waals surface area (Å²) in [6.45, 7) is 2.84. The number of aromatic nitrogens is 1. The smallest absolute Gasteiger partial charge is 0.343 e. The number of anilines is 1. The maximum absolute atomic E-state index is 15.4. The lowest BCUT2D eigenvalue weighted by Gasteiger charge is -2.30. The Morgan fingerprint density at radius 1 is 1.37 bits per heavy atom. The van der Waals surface area contributed by atoms with E-state index in [2.05, 4.69) is 0 Å². The van der Waals surface area contributed by atoms with Crippen LogP contribution in [0.4, 0.5) is 14.5 Å². The number of hydrogen-bond donors (Lipinski definition) is 0. The monoisotopic (exact) mass is 378 g/mol. The molecule has 0 amide bonds. The Morgan fingerprint density at radius 3 is 2.78 bits per heavy atom. The molecule has 0 bridgehead atoms. The van der Waals surface area contributed by atoms with E-state index in [1.807, 2.05) is 0 Å². The van der Waals surface area contributed by atoms with E-state index in [0.717, 1.165) is 18.9 Å². The number of ether oxygens (including phenoxy) is 2. The van der Waals surface area contributed by atoms with Crippen molar-refractivity contribution in [3.63, 3.8) is 0 Å². The van der Waals surface area contributed by atoms with Gasteiger partial charge in [-0.2, -0.15) is 0 Å². The minimum atomic E-state index is -0.842. The van der Waals surface area contributed by atoms with Crippen LogP contribution in [0.5, 0.6) is 0 Å². The van der Waals surface area contributed by atoms with Gasteiger partial charge in [0.1, 0.15) is 23.8 Å². The second-order valence-corrected chi connectivity index (χ2v) is 6.80. The zero-order valence-corrected chi connectivity index (χ0v) is 15.0. The van der Waals surface area contributed by atoms with E-state index in [1.54, 1.807) is 11.5 Å². The Morgan fingerprint density at radius 2 is 2.15 bits per heavy atom. The van der Waals surface area contributed by atoms with Crippen molar-refractivity contribution in [2.75, 3.05) is 31.4 Å². The lowest BCUT2D eigenvalue weighted by atomic mass is 10.1. The molecule has 2 aromatic rings. The summed E-state index contributed by atoms with van der Waals surface area (Å²) in [4.78, 5) is 26.4. The topological polar surface area (TPSA) is 60.8 Å². The second kappa shape index (κ2) is 6.92. The van der Waals surface area contributed by atoms with Gasteiger partial charge < -0.3 is 18.9 Å². The van der Waals surface area contributed by atoms with Crippen molar-refractivity contribution in [3.05, 3.63) is 39.7 Å². The number of fused-ring (bicyclic) bond motifs is 1. The minimum Gasteiger partial charge on any atom is -0.462 e. The number of esters is 1. The molecule has 1 saturated carbocycles. The second-order valence-electron chi connectivity index (χ2n) is 6.80. The van der Waals surface area contributed by atoms with E-state index in [9.17, 15) is 14.0 Å². The molecular weight excluding hydrogens is 358 g/mol. The molecule has 0 spiro atoms. The molecule has 1 aliphatic heterocycles. The van der Waals surface area contributed by atoms with Gasteiger partial charge in [-0.3, -0.25) is 4.79 Å². The predicted molar refractivity (Wildman–Crippen MR) is 95.1 cm³/mol. The standard InChI is InChI=1S/C19H20F2N2O4/c1-2-27-19(25)13-9-23(11-4-5-11)16-12(18(13)24)8-14(20)17(15(16)21)22-6-3-7-26-10-22/h8-9,11H,2-7,10H2,1H3. The number of benzene rings is 1. The summed E-state index contributed by atoms with van der Waals surface area (Å²) in [5, 5.41) is -0.149. The third-order valence-electron chi connectivity index (χ3n) is 4.90. The Kier molecular flexibility index (Phi) is 4.59. The highest BCUT2D eigenvalue weighted by atomic mass is 19.1. The summed E-state index contributed by atoms with van der Waals surface area (Å²) in [7, 11) is 0. The van der Waals surface area contributed by atoms with Crippen LogP contribution in [0.1, 0.15) is 42.6 Å². The van der Waals surface area contributed by atoms with Crippen LogP contribution in [0.25, 0.3) is 10.9 Å². The molecule has 8 heteroatoms. The Bertz CT molecular complexity index is 963. The van der Waals surface area contributed by atoms with E-state index in [4.69, 9.17) is 9.47 Å². The number of nitrogens with zero attached hydrogens (tertiary/aromatic N) is 2. The number of pyridine rings is 1. The maximum Gasteiger partial charge on any atom is 0.343 e. The van der Waals surface area contributed by atoms with Gasteiger partial charge in [0.05, 0.1) is 24.1 Å². The summed E-state index contributed by atoms with van der Waals surface area (Å²) in [5.74, 6) is -2.42. The van der Waals surface area contributed by atoms with Gasteiger partial charge in [-0.1, -0.05) is 0 Å². The fourth-order valence-electron chi connectivity index (χ4n) is 3.49. The lowest BCUT2D eigenvalue weighted by molar-refractivity contribution is 0.0524. The molecule has 2 heterocycles. The van der Waals surface area contributed by atoms with Gasteiger partial charge in [0.15, 0.2) is 5.82 Å². The number of hydrogen-bond acceptors (Lipinski definition) is 5. The molecule has 27 heavy (non-hydrogen) atoms. The van der Waals surface area contributed by atoms with Crippen molar-refractivity contribution < 1.29 is 23.0 Å². The molecule has 4 rings (SSSR count). The van der Waals surface area contributed by atoms with Gasteiger partial charge in [-0.15, -0.1) is 0 Å². The lowest BCUT2D eigenvalue weighted by Crippen LogP contribution is -2.34. The van der Waals surface area contributed by atoms with E-state index in [0.29, 0.717) is 19.6 Å². The minimum absolute atomic E-state index is 0.0216.